The molecule has 4 rings (SSSR count). The van der Waals surface area contributed by atoms with E-state index in [2.05, 4.69) is 20.1 Å². The van der Waals surface area contributed by atoms with Gasteiger partial charge in [-0.1, -0.05) is 6.42 Å². The van der Waals surface area contributed by atoms with Gasteiger partial charge in [0.1, 0.15) is 11.6 Å². The number of nitrogens with one attached hydrogen (secondary N) is 1. The Labute approximate surface area is 175 Å². The van der Waals surface area contributed by atoms with Crippen molar-refractivity contribution in [2.75, 3.05) is 13.1 Å². The lowest BCUT2D eigenvalue weighted by atomic mass is 9.97. The third-order valence-corrected chi connectivity index (χ3v) is 7.80. The minimum atomic E-state index is -3.68. The van der Waals surface area contributed by atoms with Crippen molar-refractivity contribution in [3.63, 3.8) is 0 Å². The first kappa shape index (κ1) is 20.9. The van der Waals surface area contributed by atoms with Gasteiger partial charge in [-0.15, -0.1) is 10.2 Å². The molecule has 0 spiro atoms. The summed E-state index contributed by atoms with van der Waals surface area (Å²) in [6.07, 6.45) is 5.20. The molecule has 1 fully saturated rings. The Hall–Kier alpha value is -2.33. The number of carbonyl (C=O) groups is 1. The number of nitrogens with zero attached hydrogens (tertiary/aromatic N) is 4. The standard InChI is InChI=1S/C20H26FN5O3S/c21-16-5-7-17(8-6-16)30(28,29)25-12-9-15(10-13-25)20(27)22-14-19-24-23-18-4-2-1-3-11-26(18)19/h5-8,15H,1-4,9-14H2,(H,22,27). The van der Waals surface area contributed by atoms with Crippen LogP contribution in [0.3, 0.4) is 0 Å². The molecular weight excluding hydrogens is 409 g/mol. The highest BCUT2D eigenvalue weighted by atomic mass is 32.2. The molecule has 1 N–H and O–H groups in total. The average molecular weight is 436 g/mol. The van der Waals surface area contributed by atoms with Gasteiger partial charge in [-0.3, -0.25) is 4.79 Å². The van der Waals surface area contributed by atoms with E-state index in [1.165, 1.54) is 22.9 Å². The number of piperidine rings is 1. The topological polar surface area (TPSA) is 97.2 Å². The fourth-order valence-corrected chi connectivity index (χ4v) is 5.57. The van der Waals surface area contributed by atoms with Crippen LogP contribution in [0.2, 0.25) is 0 Å². The summed E-state index contributed by atoms with van der Waals surface area (Å²) in [6.45, 7) is 1.74. The number of fused-ring (bicyclic) bond motifs is 1. The number of benzene rings is 1. The maximum Gasteiger partial charge on any atom is 0.243 e. The smallest absolute Gasteiger partial charge is 0.243 e. The van der Waals surface area contributed by atoms with Crippen LogP contribution in [0.4, 0.5) is 4.39 Å². The molecule has 8 nitrogen and oxygen atoms in total. The van der Waals surface area contributed by atoms with Gasteiger partial charge in [0.05, 0.1) is 11.4 Å². The fraction of sp³-hybridized carbons (Fsp3) is 0.550. The maximum atomic E-state index is 13.1. The van der Waals surface area contributed by atoms with Gasteiger partial charge >= 0.3 is 0 Å². The normalized spacial score (nSPS) is 18.6. The summed E-state index contributed by atoms with van der Waals surface area (Å²) in [4.78, 5) is 12.7. The van der Waals surface area contributed by atoms with Crippen LogP contribution in [0.5, 0.6) is 0 Å². The number of halogens is 1. The highest BCUT2D eigenvalue weighted by molar-refractivity contribution is 7.89. The molecular formula is C20H26FN5O3S. The van der Waals surface area contributed by atoms with Crippen LogP contribution in [0.25, 0.3) is 0 Å². The highest BCUT2D eigenvalue weighted by Crippen LogP contribution is 2.24. The number of hydrogen-bond donors (Lipinski definition) is 1. The average Bonchev–Trinajstić information content (AvgIpc) is 2.98. The van der Waals surface area contributed by atoms with Crippen molar-refractivity contribution in [1.82, 2.24) is 24.4 Å². The quantitative estimate of drug-likeness (QED) is 0.773. The summed E-state index contributed by atoms with van der Waals surface area (Å²) in [7, 11) is -3.68. The van der Waals surface area contributed by atoms with E-state index in [-0.39, 0.29) is 29.8 Å². The first-order chi connectivity index (χ1) is 14.4. The van der Waals surface area contributed by atoms with Crippen LogP contribution in [-0.4, -0.2) is 46.5 Å². The van der Waals surface area contributed by atoms with E-state index in [1.807, 2.05) is 0 Å². The number of carbonyl (C=O) groups excluding carboxylic acids is 1. The molecule has 0 aliphatic carbocycles. The number of hydrogen-bond acceptors (Lipinski definition) is 5. The molecule has 3 heterocycles. The van der Waals surface area contributed by atoms with Crippen molar-refractivity contribution < 1.29 is 17.6 Å². The summed E-state index contributed by atoms with van der Waals surface area (Å²) in [5, 5.41) is 11.4. The van der Waals surface area contributed by atoms with E-state index in [0.29, 0.717) is 19.4 Å². The zero-order chi connectivity index (χ0) is 21.1. The highest BCUT2D eigenvalue weighted by Gasteiger charge is 2.32. The van der Waals surface area contributed by atoms with Gasteiger partial charge in [0.15, 0.2) is 5.82 Å². The molecule has 2 aromatic rings. The largest absolute Gasteiger partial charge is 0.349 e. The lowest BCUT2D eigenvalue weighted by Gasteiger charge is -2.30. The molecule has 1 amide bonds. The molecule has 1 saturated heterocycles. The second kappa shape index (κ2) is 8.81. The van der Waals surface area contributed by atoms with Crippen LogP contribution in [0.15, 0.2) is 29.2 Å². The van der Waals surface area contributed by atoms with Gasteiger partial charge in [-0.05, 0) is 49.9 Å². The fourth-order valence-electron chi connectivity index (χ4n) is 4.10. The van der Waals surface area contributed by atoms with Crippen LogP contribution in [0.1, 0.15) is 43.8 Å². The summed E-state index contributed by atoms with van der Waals surface area (Å²) >= 11 is 0. The summed E-state index contributed by atoms with van der Waals surface area (Å²) in [6, 6.07) is 4.81. The van der Waals surface area contributed by atoms with Crippen LogP contribution >= 0.6 is 0 Å². The van der Waals surface area contributed by atoms with E-state index < -0.39 is 15.8 Å². The van der Waals surface area contributed by atoms with E-state index in [0.717, 1.165) is 49.6 Å². The number of sulfonamides is 1. The Morgan fingerprint density at radius 3 is 2.53 bits per heavy atom. The monoisotopic (exact) mass is 435 g/mol. The maximum absolute atomic E-state index is 13.1. The zero-order valence-electron chi connectivity index (χ0n) is 16.8. The van der Waals surface area contributed by atoms with Crippen LogP contribution in [0, 0.1) is 11.7 Å². The first-order valence-electron chi connectivity index (χ1n) is 10.4. The Morgan fingerprint density at radius 1 is 1.07 bits per heavy atom. The number of amides is 1. The van der Waals surface area contributed by atoms with E-state index in [4.69, 9.17) is 0 Å². The van der Waals surface area contributed by atoms with Gasteiger partial charge in [0.2, 0.25) is 15.9 Å². The second-order valence-corrected chi connectivity index (χ2v) is 9.78. The zero-order valence-corrected chi connectivity index (χ0v) is 17.6. The molecule has 10 heteroatoms. The minimum Gasteiger partial charge on any atom is -0.349 e. The Bertz CT molecular complexity index is 998. The van der Waals surface area contributed by atoms with Crippen LogP contribution < -0.4 is 5.32 Å². The predicted octanol–water partition coefficient (Wildman–Crippen LogP) is 1.86. The number of rotatable bonds is 5. The number of aryl methyl sites for hydroxylation is 1. The van der Waals surface area contributed by atoms with Crippen molar-refractivity contribution in [1.29, 1.82) is 0 Å². The third-order valence-electron chi connectivity index (χ3n) is 5.88. The first-order valence-corrected chi connectivity index (χ1v) is 11.8. The molecule has 30 heavy (non-hydrogen) atoms. The SMILES string of the molecule is O=C(NCc1nnc2n1CCCCC2)C1CCN(S(=O)(=O)c2ccc(F)cc2)CC1. The molecule has 1 aromatic carbocycles. The van der Waals surface area contributed by atoms with E-state index in [1.54, 1.807) is 0 Å². The predicted molar refractivity (Wildman–Crippen MR) is 107 cm³/mol. The molecule has 0 radical (unpaired) electrons. The molecule has 0 unspecified atom stereocenters. The van der Waals surface area contributed by atoms with Crippen molar-refractivity contribution >= 4 is 15.9 Å². The van der Waals surface area contributed by atoms with E-state index in [9.17, 15) is 17.6 Å². The lowest BCUT2D eigenvalue weighted by molar-refractivity contribution is -0.126. The van der Waals surface area contributed by atoms with Gasteiger partial charge < -0.3 is 9.88 Å². The Kier molecular flexibility index (Phi) is 6.14. The van der Waals surface area contributed by atoms with Gasteiger partial charge in [0, 0.05) is 32.0 Å². The molecule has 0 atom stereocenters. The third kappa shape index (κ3) is 4.39. The summed E-state index contributed by atoms with van der Waals surface area (Å²) < 4.78 is 42.0. The van der Waals surface area contributed by atoms with Crippen molar-refractivity contribution in [2.45, 2.75) is 56.5 Å². The molecule has 2 aliphatic heterocycles. The van der Waals surface area contributed by atoms with Gasteiger partial charge in [-0.25, -0.2) is 12.8 Å². The molecule has 2 aliphatic rings. The molecule has 162 valence electrons. The van der Waals surface area contributed by atoms with Crippen molar-refractivity contribution in [2.24, 2.45) is 5.92 Å². The van der Waals surface area contributed by atoms with Crippen molar-refractivity contribution in [3.05, 3.63) is 41.7 Å². The second-order valence-electron chi connectivity index (χ2n) is 7.84. The van der Waals surface area contributed by atoms with Gasteiger partial charge in [0.25, 0.3) is 0 Å². The molecule has 0 bridgehead atoms. The lowest BCUT2D eigenvalue weighted by Crippen LogP contribution is -2.43. The van der Waals surface area contributed by atoms with Crippen LogP contribution in [-0.2, 0) is 34.3 Å². The minimum absolute atomic E-state index is 0.0688. The van der Waals surface area contributed by atoms with E-state index >= 15 is 0 Å². The van der Waals surface area contributed by atoms with Crippen molar-refractivity contribution in [3.8, 4) is 0 Å². The Balaban J connectivity index is 1.31. The summed E-state index contributed by atoms with van der Waals surface area (Å²) in [5.41, 5.74) is 0. The number of aromatic nitrogens is 3. The molecule has 1 aromatic heterocycles. The van der Waals surface area contributed by atoms with Gasteiger partial charge in [-0.2, -0.15) is 4.31 Å². The Morgan fingerprint density at radius 2 is 1.80 bits per heavy atom. The summed E-state index contributed by atoms with van der Waals surface area (Å²) in [5.74, 6) is 0.956. The molecule has 0 saturated carbocycles.